The van der Waals surface area contributed by atoms with Gasteiger partial charge in [-0.15, -0.1) is 23.7 Å². The lowest BCUT2D eigenvalue weighted by atomic mass is 10.1. The van der Waals surface area contributed by atoms with E-state index in [0.29, 0.717) is 11.6 Å². The van der Waals surface area contributed by atoms with E-state index in [-0.39, 0.29) is 24.4 Å². The minimum atomic E-state index is 0. The summed E-state index contributed by atoms with van der Waals surface area (Å²) in [5, 5.41) is 7.67. The van der Waals surface area contributed by atoms with Crippen LogP contribution in [0.2, 0.25) is 5.02 Å². The average molecular weight is 404 g/mol. The van der Waals surface area contributed by atoms with E-state index >= 15 is 0 Å². The number of rotatable bonds is 5. The van der Waals surface area contributed by atoms with E-state index in [9.17, 15) is 4.79 Å². The minimum Gasteiger partial charge on any atom is -0.312 e. The van der Waals surface area contributed by atoms with Crippen molar-refractivity contribution in [3.05, 3.63) is 45.9 Å². The van der Waals surface area contributed by atoms with Gasteiger partial charge in [-0.3, -0.25) is 4.79 Å². The Morgan fingerprint density at radius 3 is 3.00 bits per heavy atom. The number of amides is 1. The normalized spacial score (nSPS) is 17.1. The van der Waals surface area contributed by atoms with Crippen molar-refractivity contribution in [2.45, 2.75) is 18.9 Å². The second kappa shape index (κ2) is 9.63. The summed E-state index contributed by atoms with van der Waals surface area (Å²) in [5.74, 6) is 2.13. The molecule has 1 amide bonds. The van der Waals surface area contributed by atoms with E-state index in [1.165, 1.54) is 11.3 Å². The van der Waals surface area contributed by atoms with Gasteiger partial charge in [0.1, 0.15) is 0 Å². The average Bonchev–Trinajstić information content (AvgIpc) is 2.97. The van der Waals surface area contributed by atoms with Crippen LogP contribution in [0.4, 0.5) is 5.13 Å². The summed E-state index contributed by atoms with van der Waals surface area (Å²) >= 11 is 9.57. The van der Waals surface area contributed by atoms with E-state index in [2.05, 4.69) is 15.6 Å². The molecule has 130 valence electrons. The number of nitrogens with zero attached hydrogens (tertiary/aromatic N) is 1. The molecule has 2 N–H and O–H groups in total. The molecule has 0 aliphatic carbocycles. The Kier molecular flexibility index (Phi) is 7.84. The molecule has 0 radical (unpaired) electrons. The highest BCUT2D eigenvalue weighted by Gasteiger charge is 2.17. The third kappa shape index (κ3) is 5.63. The van der Waals surface area contributed by atoms with E-state index < -0.39 is 0 Å². The van der Waals surface area contributed by atoms with Crippen LogP contribution in [-0.2, 0) is 11.2 Å². The van der Waals surface area contributed by atoms with Gasteiger partial charge in [0.25, 0.3) is 0 Å². The Morgan fingerprint density at radius 2 is 2.25 bits per heavy atom. The van der Waals surface area contributed by atoms with Gasteiger partial charge in [0.2, 0.25) is 5.91 Å². The largest absolute Gasteiger partial charge is 0.312 e. The predicted molar refractivity (Wildman–Crippen MR) is 106 cm³/mol. The molecule has 8 heteroatoms. The molecule has 1 fully saturated rings. The summed E-state index contributed by atoms with van der Waals surface area (Å²) in [6, 6.07) is 8.04. The van der Waals surface area contributed by atoms with Crippen molar-refractivity contribution >= 4 is 58.1 Å². The smallest absolute Gasteiger partial charge is 0.227 e. The molecule has 3 rings (SSSR count). The number of benzene rings is 1. The zero-order chi connectivity index (χ0) is 16.1. The molecular formula is C16H19Cl2N3OS2. The van der Waals surface area contributed by atoms with E-state index in [1.807, 2.05) is 36.0 Å². The summed E-state index contributed by atoms with van der Waals surface area (Å²) in [7, 11) is 0. The third-order valence-corrected chi connectivity index (χ3v) is 5.97. The van der Waals surface area contributed by atoms with Crippen molar-refractivity contribution in [1.29, 1.82) is 0 Å². The van der Waals surface area contributed by atoms with Gasteiger partial charge in [0, 0.05) is 53.0 Å². The summed E-state index contributed by atoms with van der Waals surface area (Å²) in [6.45, 7) is 0.974. The van der Waals surface area contributed by atoms with Crippen LogP contribution in [0, 0.1) is 0 Å². The minimum absolute atomic E-state index is 0. The van der Waals surface area contributed by atoms with Crippen LogP contribution >= 0.6 is 47.1 Å². The fourth-order valence-electron chi connectivity index (χ4n) is 2.42. The summed E-state index contributed by atoms with van der Waals surface area (Å²) in [4.78, 5) is 17.5. The first-order chi connectivity index (χ1) is 11.2. The van der Waals surface area contributed by atoms with Gasteiger partial charge in [-0.1, -0.05) is 29.8 Å². The molecule has 1 saturated heterocycles. The van der Waals surface area contributed by atoms with Gasteiger partial charge in [0.15, 0.2) is 5.13 Å². The molecule has 1 aliphatic heterocycles. The lowest BCUT2D eigenvalue weighted by Crippen LogP contribution is -2.39. The maximum absolute atomic E-state index is 12.1. The van der Waals surface area contributed by atoms with Crippen LogP contribution in [0.3, 0.4) is 0 Å². The van der Waals surface area contributed by atoms with Crippen molar-refractivity contribution in [3.63, 3.8) is 0 Å². The fraction of sp³-hybridized carbons (Fsp3) is 0.375. The summed E-state index contributed by atoms with van der Waals surface area (Å²) in [5.41, 5.74) is 1.07. The molecule has 1 aromatic carbocycles. The number of nitrogens with one attached hydrogen (secondary N) is 2. The Hall–Kier alpha value is -0.790. The number of hydrogen-bond acceptors (Lipinski definition) is 5. The lowest BCUT2D eigenvalue weighted by molar-refractivity contribution is -0.116. The maximum atomic E-state index is 12.1. The molecule has 1 atom stereocenters. The van der Waals surface area contributed by atoms with Crippen LogP contribution in [0.25, 0.3) is 0 Å². The SMILES string of the molecule is Cl.O=C(CC1CSCCN1)Nc1ncc(Cc2ccccc2Cl)s1. The Bertz CT molecular complexity index is 675. The van der Waals surface area contributed by atoms with Crippen molar-refractivity contribution < 1.29 is 4.79 Å². The molecule has 2 aromatic rings. The fourth-order valence-corrected chi connectivity index (χ4v) is 4.42. The molecule has 4 nitrogen and oxygen atoms in total. The van der Waals surface area contributed by atoms with E-state index in [1.54, 1.807) is 6.20 Å². The van der Waals surface area contributed by atoms with Gasteiger partial charge >= 0.3 is 0 Å². The van der Waals surface area contributed by atoms with Crippen LogP contribution in [0.5, 0.6) is 0 Å². The van der Waals surface area contributed by atoms with Crippen molar-refractivity contribution in [3.8, 4) is 0 Å². The number of aromatic nitrogens is 1. The van der Waals surface area contributed by atoms with Crippen molar-refractivity contribution in [2.24, 2.45) is 0 Å². The number of anilines is 1. The van der Waals surface area contributed by atoms with Gasteiger partial charge in [-0.25, -0.2) is 4.98 Å². The monoisotopic (exact) mass is 403 g/mol. The first kappa shape index (κ1) is 19.5. The number of halogens is 2. The lowest BCUT2D eigenvalue weighted by Gasteiger charge is -2.22. The molecule has 2 heterocycles. The highest BCUT2D eigenvalue weighted by atomic mass is 35.5. The number of carbonyl (C=O) groups is 1. The Morgan fingerprint density at radius 1 is 1.42 bits per heavy atom. The van der Waals surface area contributed by atoms with Crippen molar-refractivity contribution in [2.75, 3.05) is 23.4 Å². The highest BCUT2D eigenvalue weighted by Crippen LogP contribution is 2.24. The number of hydrogen-bond donors (Lipinski definition) is 2. The molecule has 0 spiro atoms. The van der Waals surface area contributed by atoms with Crippen LogP contribution in [-0.4, -0.2) is 35.0 Å². The number of thioether (sulfide) groups is 1. The van der Waals surface area contributed by atoms with Crippen LogP contribution in [0.15, 0.2) is 30.5 Å². The molecular weight excluding hydrogens is 385 g/mol. The first-order valence-electron chi connectivity index (χ1n) is 7.50. The Balaban J connectivity index is 0.00000208. The first-order valence-corrected chi connectivity index (χ1v) is 9.85. The molecule has 1 aromatic heterocycles. The maximum Gasteiger partial charge on any atom is 0.227 e. The van der Waals surface area contributed by atoms with E-state index in [0.717, 1.165) is 39.9 Å². The zero-order valence-corrected chi connectivity index (χ0v) is 16.2. The van der Waals surface area contributed by atoms with Gasteiger partial charge in [-0.05, 0) is 11.6 Å². The molecule has 1 aliphatic rings. The quantitative estimate of drug-likeness (QED) is 0.795. The molecule has 0 saturated carbocycles. The summed E-state index contributed by atoms with van der Waals surface area (Å²) < 4.78 is 0. The second-order valence-electron chi connectivity index (χ2n) is 5.38. The standard InChI is InChI=1S/C16H18ClN3OS2.ClH/c17-14-4-2-1-3-11(14)7-13-9-19-16(23-13)20-15(21)8-12-10-22-6-5-18-12;/h1-4,9,12,18H,5-8,10H2,(H,19,20,21);1H. The number of thiazole rings is 1. The van der Waals surface area contributed by atoms with Crippen LogP contribution < -0.4 is 10.6 Å². The van der Waals surface area contributed by atoms with Crippen LogP contribution in [0.1, 0.15) is 16.9 Å². The van der Waals surface area contributed by atoms with Crippen molar-refractivity contribution in [1.82, 2.24) is 10.3 Å². The molecule has 24 heavy (non-hydrogen) atoms. The van der Waals surface area contributed by atoms with Gasteiger partial charge < -0.3 is 10.6 Å². The second-order valence-corrected chi connectivity index (χ2v) is 8.05. The summed E-state index contributed by atoms with van der Waals surface area (Å²) in [6.07, 6.45) is 3.03. The topological polar surface area (TPSA) is 54.0 Å². The number of carbonyl (C=O) groups excluding carboxylic acids is 1. The molecule has 0 bridgehead atoms. The van der Waals surface area contributed by atoms with E-state index in [4.69, 9.17) is 11.6 Å². The Labute approximate surface area is 161 Å². The van der Waals surface area contributed by atoms with Gasteiger partial charge in [0.05, 0.1) is 0 Å². The third-order valence-electron chi connectivity index (χ3n) is 3.55. The predicted octanol–water partition coefficient (Wildman–Crippen LogP) is 3.84. The zero-order valence-electron chi connectivity index (χ0n) is 13.0. The van der Waals surface area contributed by atoms with Gasteiger partial charge in [-0.2, -0.15) is 11.8 Å². The molecule has 1 unspecified atom stereocenters. The highest BCUT2D eigenvalue weighted by molar-refractivity contribution is 7.99.